The van der Waals surface area contributed by atoms with Gasteiger partial charge < -0.3 is 15.2 Å². The molecule has 144 valence electrons. The van der Waals surface area contributed by atoms with Crippen molar-refractivity contribution in [2.75, 3.05) is 13.1 Å². The van der Waals surface area contributed by atoms with Gasteiger partial charge in [-0.15, -0.1) is 0 Å². The molecule has 26 heavy (non-hydrogen) atoms. The SMILES string of the molecule is CC[C@@H](C)[C@H](NC(=O)[C@@H]1CCCN(S(=O)(=O)c2ccccc2)C1)C(=O)[O-]. The van der Waals surface area contributed by atoms with Crippen molar-refractivity contribution in [3.63, 3.8) is 0 Å². The lowest BCUT2D eigenvalue weighted by molar-refractivity contribution is -0.309. The summed E-state index contributed by atoms with van der Waals surface area (Å²) in [7, 11) is -3.67. The zero-order valence-electron chi connectivity index (χ0n) is 15.1. The topological polar surface area (TPSA) is 107 Å². The average Bonchev–Trinajstić information content (AvgIpc) is 2.65. The first-order chi connectivity index (χ1) is 12.3. The Morgan fingerprint density at radius 2 is 1.96 bits per heavy atom. The second-order valence-electron chi connectivity index (χ2n) is 6.71. The highest BCUT2D eigenvalue weighted by atomic mass is 32.2. The fraction of sp³-hybridized carbons (Fsp3) is 0.556. The number of carboxylic acid groups (broad SMARTS) is 1. The molecule has 8 heteroatoms. The van der Waals surface area contributed by atoms with E-state index in [4.69, 9.17) is 0 Å². The van der Waals surface area contributed by atoms with Gasteiger partial charge in [0.05, 0.1) is 22.8 Å². The summed E-state index contributed by atoms with van der Waals surface area (Å²) < 4.78 is 26.8. The Morgan fingerprint density at radius 1 is 1.31 bits per heavy atom. The van der Waals surface area contributed by atoms with E-state index in [2.05, 4.69) is 5.32 Å². The van der Waals surface area contributed by atoms with E-state index in [0.717, 1.165) is 0 Å². The number of piperidine rings is 1. The standard InChI is InChI=1S/C18H26N2O5S/c1-3-13(2)16(18(22)23)19-17(21)14-8-7-11-20(12-14)26(24,25)15-9-5-4-6-10-15/h4-6,9-10,13-14,16H,3,7-8,11-12H2,1-2H3,(H,19,21)(H,22,23)/p-1/t13-,14-,16+/m1/s1. The minimum Gasteiger partial charge on any atom is -0.548 e. The first-order valence-corrected chi connectivity index (χ1v) is 10.3. The molecule has 1 saturated heterocycles. The van der Waals surface area contributed by atoms with Gasteiger partial charge in [0.25, 0.3) is 0 Å². The number of carboxylic acids is 1. The highest BCUT2D eigenvalue weighted by molar-refractivity contribution is 7.89. The fourth-order valence-electron chi connectivity index (χ4n) is 3.06. The van der Waals surface area contributed by atoms with Crippen molar-refractivity contribution in [1.82, 2.24) is 9.62 Å². The molecule has 7 nitrogen and oxygen atoms in total. The van der Waals surface area contributed by atoms with Crippen molar-refractivity contribution in [1.29, 1.82) is 0 Å². The van der Waals surface area contributed by atoms with E-state index in [1.54, 1.807) is 25.1 Å². The Hall–Kier alpha value is -1.93. The predicted molar refractivity (Wildman–Crippen MR) is 94.3 cm³/mol. The summed E-state index contributed by atoms with van der Waals surface area (Å²) in [6.45, 7) is 3.95. The van der Waals surface area contributed by atoms with Crippen molar-refractivity contribution < 1.29 is 23.1 Å². The normalized spacial score (nSPS) is 20.9. The van der Waals surface area contributed by atoms with E-state index in [-0.39, 0.29) is 17.4 Å². The molecule has 0 aliphatic carbocycles. The summed E-state index contributed by atoms with van der Waals surface area (Å²) in [5.74, 6) is -2.60. The van der Waals surface area contributed by atoms with Gasteiger partial charge in [0, 0.05) is 13.1 Å². The molecule has 2 rings (SSSR count). The summed E-state index contributed by atoms with van der Waals surface area (Å²) in [5, 5.41) is 13.8. The summed E-state index contributed by atoms with van der Waals surface area (Å²) in [4.78, 5) is 24.0. The van der Waals surface area contributed by atoms with Crippen LogP contribution in [0, 0.1) is 11.8 Å². The Bertz CT molecular complexity index is 735. The first-order valence-electron chi connectivity index (χ1n) is 8.83. The highest BCUT2D eigenvalue weighted by Gasteiger charge is 2.34. The summed E-state index contributed by atoms with van der Waals surface area (Å²) in [6, 6.07) is 7.01. The molecule has 1 heterocycles. The summed E-state index contributed by atoms with van der Waals surface area (Å²) in [6.07, 6.45) is 1.65. The summed E-state index contributed by atoms with van der Waals surface area (Å²) in [5.41, 5.74) is 0. The van der Waals surface area contributed by atoms with Crippen molar-refractivity contribution >= 4 is 21.9 Å². The number of sulfonamides is 1. The minimum atomic E-state index is -3.67. The van der Waals surface area contributed by atoms with E-state index in [0.29, 0.717) is 25.8 Å². The smallest absolute Gasteiger partial charge is 0.243 e. The molecule has 1 fully saturated rings. The van der Waals surface area contributed by atoms with Crippen LogP contribution in [0.1, 0.15) is 33.1 Å². The number of aliphatic carboxylic acids is 1. The van der Waals surface area contributed by atoms with Gasteiger partial charge in [0.2, 0.25) is 15.9 Å². The van der Waals surface area contributed by atoms with Crippen LogP contribution >= 0.6 is 0 Å². The van der Waals surface area contributed by atoms with Crippen LogP contribution in [0.4, 0.5) is 0 Å². The van der Waals surface area contributed by atoms with E-state index >= 15 is 0 Å². The lowest BCUT2D eigenvalue weighted by Crippen LogP contribution is -2.54. The monoisotopic (exact) mass is 381 g/mol. The Morgan fingerprint density at radius 3 is 2.54 bits per heavy atom. The van der Waals surface area contributed by atoms with Crippen LogP contribution in [0.3, 0.4) is 0 Å². The van der Waals surface area contributed by atoms with Gasteiger partial charge in [-0.1, -0.05) is 38.5 Å². The van der Waals surface area contributed by atoms with Crippen molar-refractivity contribution in [2.45, 2.75) is 44.0 Å². The van der Waals surface area contributed by atoms with E-state index in [1.807, 2.05) is 6.92 Å². The molecule has 0 unspecified atom stereocenters. The van der Waals surface area contributed by atoms with Gasteiger partial charge in [0.1, 0.15) is 0 Å². The molecule has 3 atom stereocenters. The number of benzene rings is 1. The molecule has 1 N–H and O–H groups in total. The van der Waals surface area contributed by atoms with Crippen molar-refractivity contribution in [3.05, 3.63) is 30.3 Å². The Labute approximate surface area is 154 Å². The van der Waals surface area contributed by atoms with Gasteiger partial charge in [-0.2, -0.15) is 4.31 Å². The fourth-order valence-corrected chi connectivity index (χ4v) is 4.60. The van der Waals surface area contributed by atoms with Crippen LogP contribution in [0.2, 0.25) is 0 Å². The quantitative estimate of drug-likeness (QED) is 0.734. The van der Waals surface area contributed by atoms with Gasteiger partial charge in [-0.25, -0.2) is 8.42 Å². The number of rotatable bonds is 7. The van der Waals surface area contributed by atoms with Crippen LogP contribution in [0.15, 0.2) is 35.2 Å². The maximum atomic E-state index is 12.7. The molecular weight excluding hydrogens is 356 g/mol. The molecule has 0 saturated carbocycles. The number of nitrogens with one attached hydrogen (secondary N) is 1. The van der Waals surface area contributed by atoms with E-state index in [9.17, 15) is 23.1 Å². The molecule has 1 amide bonds. The molecule has 0 spiro atoms. The van der Waals surface area contributed by atoms with Crippen molar-refractivity contribution in [2.24, 2.45) is 11.8 Å². The lowest BCUT2D eigenvalue weighted by Gasteiger charge is -2.33. The first kappa shape index (κ1) is 20.4. The van der Waals surface area contributed by atoms with Gasteiger partial charge in [-0.05, 0) is 30.9 Å². The van der Waals surface area contributed by atoms with Crippen LogP contribution < -0.4 is 10.4 Å². The number of amides is 1. The van der Waals surface area contributed by atoms with Crippen LogP contribution in [0.5, 0.6) is 0 Å². The molecule has 1 aromatic carbocycles. The molecule has 1 aliphatic heterocycles. The molecule has 0 aromatic heterocycles. The third-order valence-corrected chi connectivity index (χ3v) is 6.78. The van der Waals surface area contributed by atoms with Gasteiger partial charge >= 0.3 is 0 Å². The minimum absolute atomic E-state index is 0.0450. The second-order valence-corrected chi connectivity index (χ2v) is 8.64. The highest BCUT2D eigenvalue weighted by Crippen LogP contribution is 2.24. The van der Waals surface area contributed by atoms with E-state index in [1.165, 1.54) is 16.4 Å². The molecule has 1 aliphatic rings. The van der Waals surface area contributed by atoms with Crippen molar-refractivity contribution in [3.8, 4) is 0 Å². The Balaban J connectivity index is 2.10. The number of nitrogens with zero attached hydrogens (tertiary/aromatic N) is 1. The maximum absolute atomic E-state index is 12.7. The molecule has 1 aromatic rings. The van der Waals surface area contributed by atoms with E-state index < -0.39 is 33.9 Å². The number of hydrogen-bond acceptors (Lipinski definition) is 5. The molecule has 0 bridgehead atoms. The zero-order chi connectivity index (χ0) is 19.3. The third-order valence-electron chi connectivity index (χ3n) is 4.90. The number of carbonyl (C=O) groups is 2. The maximum Gasteiger partial charge on any atom is 0.243 e. The summed E-state index contributed by atoms with van der Waals surface area (Å²) >= 11 is 0. The molecule has 0 radical (unpaired) electrons. The van der Waals surface area contributed by atoms with Gasteiger partial charge in [-0.3, -0.25) is 4.79 Å². The van der Waals surface area contributed by atoms with Crippen LogP contribution in [-0.2, 0) is 19.6 Å². The predicted octanol–water partition coefficient (Wildman–Crippen LogP) is 0.368. The zero-order valence-corrected chi connectivity index (χ0v) is 15.9. The van der Waals surface area contributed by atoms with Crippen LogP contribution in [0.25, 0.3) is 0 Å². The number of hydrogen-bond donors (Lipinski definition) is 1. The van der Waals surface area contributed by atoms with Gasteiger partial charge in [0.15, 0.2) is 0 Å². The third kappa shape index (κ3) is 4.62. The Kier molecular flexibility index (Phi) is 6.77. The van der Waals surface area contributed by atoms with Crippen LogP contribution in [-0.4, -0.2) is 43.7 Å². The number of carbonyl (C=O) groups excluding carboxylic acids is 2. The largest absolute Gasteiger partial charge is 0.548 e. The average molecular weight is 381 g/mol. The molecular formula is C18H25N2O5S-. The lowest BCUT2D eigenvalue weighted by atomic mass is 9.95. The second kappa shape index (κ2) is 8.64.